The number of rotatable bonds is 6. The maximum atomic E-state index is 5.67. The average Bonchev–Trinajstić information content (AvgIpc) is 2.27. The molecule has 0 heterocycles. The maximum Gasteiger partial charge on any atom is 0.0473 e. The Labute approximate surface area is 121 Å². The fourth-order valence-electron chi connectivity index (χ4n) is 2.08. The Bertz CT molecular complexity index is 355. The van der Waals surface area contributed by atoms with Gasteiger partial charge in [0.05, 0.1) is 0 Å². The Morgan fingerprint density at radius 2 is 2.06 bits per heavy atom. The second-order valence-corrected chi connectivity index (χ2v) is 6.28. The summed E-state index contributed by atoms with van der Waals surface area (Å²) in [5.74, 6) is 6.35. The van der Waals surface area contributed by atoms with Crippen LogP contribution in [0, 0.1) is 5.92 Å². The van der Waals surface area contributed by atoms with Crippen molar-refractivity contribution in [3.05, 3.63) is 32.7 Å². The monoisotopic (exact) mass is 362 g/mol. The molecule has 0 aromatic heterocycles. The summed E-state index contributed by atoms with van der Waals surface area (Å²) in [4.78, 5) is 0. The molecule has 17 heavy (non-hydrogen) atoms. The van der Waals surface area contributed by atoms with Gasteiger partial charge in [-0.2, -0.15) is 0 Å². The van der Waals surface area contributed by atoms with Crippen LogP contribution in [0.2, 0.25) is 0 Å². The van der Waals surface area contributed by atoms with E-state index < -0.39 is 0 Å². The predicted octanol–water partition coefficient (Wildman–Crippen LogP) is 4.54. The van der Waals surface area contributed by atoms with Gasteiger partial charge in [-0.15, -0.1) is 0 Å². The molecule has 2 nitrogen and oxygen atoms in total. The number of benzene rings is 1. The molecule has 1 rings (SSSR count). The number of hydrogen-bond acceptors (Lipinski definition) is 2. The Balaban J connectivity index is 2.79. The first-order valence-corrected chi connectivity index (χ1v) is 7.58. The van der Waals surface area contributed by atoms with Gasteiger partial charge in [0.15, 0.2) is 0 Å². The van der Waals surface area contributed by atoms with Gasteiger partial charge < -0.3 is 0 Å². The lowest BCUT2D eigenvalue weighted by molar-refractivity contribution is 0.394. The zero-order valence-corrected chi connectivity index (χ0v) is 13.5. The Morgan fingerprint density at radius 3 is 2.59 bits per heavy atom. The molecule has 0 aliphatic rings. The van der Waals surface area contributed by atoms with Gasteiger partial charge in [0.1, 0.15) is 0 Å². The van der Waals surface area contributed by atoms with Gasteiger partial charge in [-0.05, 0) is 30.0 Å². The van der Waals surface area contributed by atoms with E-state index in [9.17, 15) is 0 Å². The molecular formula is C13H20Br2N2. The molecular weight excluding hydrogens is 344 g/mol. The van der Waals surface area contributed by atoms with Crippen LogP contribution >= 0.6 is 31.9 Å². The number of hydrazine groups is 1. The van der Waals surface area contributed by atoms with Crippen LogP contribution < -0.4 is 11.3 Å². The largest absolute Gasteiger partial charge is 0.271 e. The maximum absolute atomic E-state index is 5.67. The molecule has 0 aliphatic carbocycles. The minimum Gasteiger partial charge on any atom is -0.271 e. The van der Waals surface area contributed by atoms with E-state index in [0.717, 1.165) is 15.4 Å². The molecule has 0 saturated carbocycles. The second-order valence-electron chi connectivity index (χ2n) is 4.51. The first kappa shape index (κ1) is 15.2. The lowest BCUT2D eigenvalue weighted by Crippen LogP contribution is -2.29. The highest BCUT2D eigenvalue weighted by molar-refractivity contribution is 9.11. The van der Waals surface area contributed by atoms with Crippen molar-refractivity contribution in [2.24, 2.45) is 11.8 Å². The zero-order valence-electron chi connectivity index (χ0n) is 10.3. The molecule has 0 radical (unpaired) electrons. The van der Waals surface area contributed by atoms with Gasteiger partial charge in [-0.25, -0.2) is 0 Å². The molecule has 4 heteroatoms. The molecule has 0 aliphatic heterocycles. The quantitative estimate of drug-likeness (QED) is 0.575. The minimum absolute atomic E-state index is 0.207. The number of nitrogens with one attached hydrogen (secondary N) is 1. The van der Waals surface area contributed by atoms with E-state index in [0.29, 0.717) is 5.92 Å². The highest BCUT2D eigenvalue weighted by Crippen LogP contribution is 2.30. The van der Waals surface area contributed by atoms with Crippen molar-refractivity contribution in [1.82, 2.24) is 5.43 Å². The molecule has 0 amide bonds. The summed E-state index contributed by atoms with van der Waals surface area (Å²) in [6, 6.07) is 6.43. The molecule has 0 spiro atoms. The van der Waals surface area contributed by atoms with Crippen molar-refractivity contribution in [2.75, 3.05) is 0 Å². The van der Waals surface area contributed by atoms with Gasteiger partial charge in [-0.1, -0.05) is 64.6 Å². The van der Waals surface area contributed by atoms with Crippen molar-refractivity contribution >= 4 is 31.9 Å². The number of hydrogen-bond donors (Lipinski definition) is 2. The van der Waals surface area contributed by atoms with Crippen LogP contribution in [0.5, 0.6) is 0 Å². The van der Waals surface area contributed by atoms with Crippen LogP contribution in [0.3, 0.4) is 0 Å². The number of nitrogens with two attached hydrogens (primary N) is 1. The van der Waals surface area contributed by atoms with Crippen LogP contribution in [-0.4, -0.2) is 0 Å². The first-order chi connectivity index (χ1) is 8.08. The van der Waals surface area contributed by atoms with Gasteiger partial charge in [-0.3, -0.25) is 11.3 Å². The smallest absolute Gasteiger partial charge is 0.0473 e. The van der Waals surface area contributed by atoms with Crippen LogP contribution in [0.1, 0.15) is 44.7 Å². The summed E-state index contributed by atoms with van der Waals surface area (Å²) >= 11 is 7.05. The lowest BCUT2D eigenvalue weighted by Gasteiger charge is -2.21. The molecule has 2 unspecified atom stereocenters. The van der Waals surface area contributed by atoms with Gasteiger partial charge in [0, 0.05) is 15.0 Å². The van der Waals surface area contributed by atoms with Crippen molar-refractivity contribution in [3.63, 3.8) is 0 Å². The molecule has 1 aromatic rings. The van der Waals surface area contributed by atoms with Crippen molar-refractivity contribution in [2.45, 2.75) is 39.2 Å². The molecule has 0 saturated heterocycles. The molecule has 0 bridgehead atoms. The van der Waals surface area contributed by atoms with Gasteiger partial charge in [0.2, 0.25) is 0 Å². The Kier molecular flexibility index (Phi) is 6.70. The predicted molar refractivity (Wildman–Crippen MR) is 80.6 cm³/mol. The fraction of sp³-hybridized carbons (Fsp3) is 0.538. The average molecular weight is 364 g/mol. The van der Waals surface area contributed by atoms with Crippen LogP contribution in [0.15, 0.2) is 27.1 Å². The Hall–Kier alpha value is 0.1000. The van der Waals surface area contributed by atoms with E-state index in [2.05, 4.69) is 69.3 Å². The van der Waals surface area contributed by atoms with Crippen molar-refractivity contribution in [1.29, 1.82) is 0 Å². The zero-order chi connectivity index (χ0) is 12.8. The highest BCUT2D eigenvalue weighted by Gasteiger charge is 2.16. The van der Waals surface area contributed by atoms with Crippen LogP contribution in [-0.2, 0) is 0 Å². The van der Waals surface area contributed by atoms with E-state index in [-0.39, 0.29) is 6.04 Å². The summed E-state index contributed by atoms with van der Waals surface area (Å²) in [7, 11) is 0. The van der Waals surface area contributed by atoms with E-state index in [1.54, 1.807) is 0 Å². The summed E-state index contributed by atoms with van der Waals surface area (Å²) in [6.45, 7) is 4.50. The standard InChI is InChI=1S/C13H20Br2N2/c1-3-4-9(2)7-13(17-16)11-6-5-10(14)8-12(11)15/h5-6,8-9,13,17H,3-4,7,16H2,1-2H3. The minimum atomic E-state index is 0.207. The van der Waals surface area contributed by atoms with E-state index >= 15 is 0 Å². The fourth-order valence-corrected chi connectivity index (χ4v) is 3.41. The molecule has 96 valence electrons. The third-order valence-corrected chi connectivity index (χ3v) is 4.14. The van der Waals surface area contributed by atoms with Crippen LogP contribution in [0.25, 0.3) is 0 Å². The molecule has 1 aromatic carbocycles. The summed E-state index contributed by atoms with van der Waals surface area (Å²) in [6.07, 6.45) is 3.52. The van der Waals surface area contributed by atoms with Crippen LogP contribution in [0.4, 0.5) is 0 Å². The van der Waals surface area contributed by atoms with Crippen molar-refractivity contribution in [3.8, 4) is 0 Å². The topological polar surface area (TPSA) is 38.0 Å². The van der Waals surface area contributed by atoms with E-state index in [1.165, 1.54) is 18.4 Å². The Morgan fingerprint density at radius 1 is 1.35 bits per heavy atom. The van der Waals surface area contributed by atoms with Gasteiger partial charge >= 0.3 is 0 Å². The summed E-state index contributed by atoms with van der Waals surface area (Å²) < 4.78 is 2.17. The lowest BCUT2D eigenvalue weighted by atomic mass is 9.93. The van der Waals surface area contributed by atoms with E-state index in [1.807, 2.05) is 0 Å². The molecule has 3 N–H and O–H groups in total. The van der Waals surface area contributed by atoms with E-state index in [4.69, 9.17) is 5.84 Å². The summed E-state index contributed by atoms with van der Waals surface area (Å²) in [5.41, 5.74) is 4.14. The van der Waals surface area contributed by atoms with Crippen molar-refractivity contribution < 1.29 is 0 Å². The highest BCUT2D eigenvalue weighted by atomic mass is 79.9. The molecule has 0 fully saturated rings. The SMILES string of the molecule is CCCC(C)CC(NN)c1ccc(Br)cc1Br. The second kappa shape index (κ2) is 7.52. The van der Waals surface area contributed by atoms with Gasteiger partial charge in [0.25, 0.3) is 0 Å². The third kappa shape index (κ3) is 4.70. The molecule has 2 atom stereocenters. The summed E-state index contributed by atoms with van der Waals surface area (Å²) in [5, 5.41) is 0. The first-order valence-electron chi connectivity index (χ1n) is 5.99. The third-order valence-electron chi connectivity index (χ3n) is 2.96. The number of halogens is 2. The normalized spacial score (nSPS) is 14.6.